The van der Waals surface area contributed by atoms with Gasteiger partial charge in [-0.1, -0.05) is 45.2 Å². The van der Waals surface area contributed by atoms with Crippen LogP contribution in [0.25, 0.3) is 0 Å². The average molecular weight is 310 g/mol. The first-order valence-electron chi connectivity index (χ1n) is 4.75. The van der Waals surface area contributed by atoms with Gasteiger partial charge in [-0.25, -0.2) is 0 Å². The van der Waals surface area contributed by atoms with E-state index in [0.717, 1.165) is 18.6 Å². The van der Waals surface area contributed by atoms with Crippen LogP contribution in [0, 0.1) is 0 Å². The molecule has 1 aromatic carbocycles. The number of halogens is 3. The number of rotatable bonds is 1. The van der Waals surface area contributed by atoms with E-state index in [9.17, 15) is 0 Å². The third-order valence-electron chi connectivity index (χ3n) is 2.69. The van der Waals surface area contributed by atoms with E-state index in [4.69, 9.17) is 27.9 Å². The Morgan fingerprint density at radius 1 is 1.47 bits per heavy atom. The molecule has 1 aromatic rings. The molecule has 15 heavy (non-hydrogen) atoms. The molecule has 0 aliphatic carbocycles. The second-order valence-corrected chi connectivity index (χ2v) is 6.11. The molecule has 1 nitrogen and oxygen atoms in total. The molecule has 0 saturated carbocycles. The monoisotopic (exact) mass is 308 g/mol. The number of hydrogen-bond acceptors (Lipinski definition) is 1. The van der Waals surface area contributed by atoms with Crippen LogP contribution in [-0.2, 0) is 10.3 Å². The third-order valence-corrected chi connectivity index (χ3v) is 3.83. The van der Waals surface area contributed by atoms with Gasteiger partial charge >= 0.3 is 0 Å². The van der Waals surface area contributed by atoms with Crippen LogP contribution in [0.2, 0.25) is 10.0 Å². The first-order valence-corrected chi connectivity index (χ1v) is 6.42. The topological polar surface area (TPSA) is 9.23 Å². The summed E-state index contributed by atoms with van der Waals surface area (Å²) < 4.78 is 5.79. The molecule has 2 unspecified atom stereocenters. The number of hydrogen-bond donors (Lipinski definition) is 0. The van der Waals surface area contributed by atoms with E-state index in [1.807, 2.05) is 12.1 Å². The minimum atomic E-state index is -0.296. The maximum absolute atomic E-state index is 6.17. The molecule has 0 bridgehead atoms. The summed E-state index contributed by atoms with van der Waals surface area (Å²) in [6.07, 6.45) is 0.925. The molecule has 1 heterocycles. The fraction of sp³-hybridized carbons (Fsp3) is 0.455. The van der Waals surface area contributed by atoms with Gasteiger partial charge in [0.25, 0.3) is 0 Å². The van der Waals surface area contributed by atoms with Gasteiger partial charge in [-0.2, -0.15) is 0 Å². The highest BCUT2D eigenvalue weighted by Crippen LogP contribution is 2.41. The summed E-state index contributed by atoms with van der Waals surface area (Å²) in [6.45, 7) is 2.78. The van der Waals surface area contributed by atoms with E-state index in [1.165, 1.54) is 0 Å². The lowest BCUT2D eigenvalue weighted by Crippen LogP contribution is -2.20. The van der Waals surface area contributed by atoms with Gasteiger partial charge in [0.15, 0.2) is 0 Å². The smallest absolute Gasteiger partial charge is 0.0929 e. The van der Waals surface area contributed by atoms with Crippen LogP contribution in [-0.4, -0.2) is 11.4 Å². The molecule has 0 spiro atoms. The lowest BCUT2D eigenvalue weighted by molar-refractivity contribution is 0.0171. The predicted octanol–water partition coefficient (Wildman–Crippen LogP) is 4.39. The summed E-state index contributed by atoms with van der Waals surface area (Å²) in [5.74, 6) is 0. The summed E-state index contributed by atoms with van der Waals surface area (Å²) in [6, 6.07) is 5.54. The van der Waals surface area contributed by atoms with E-state index in [2.05, 4.69) is 22.9 Å². The molecule has 2 rings (SSSR count). The summed E-state index contributed by atoms with van der Waals surface area (Å²) in [4.78, 5) is 0.397. The standard InChI is InChI=1S/C11H11BrCl2O/c1-11(5-7(12)6-15-11)9-3-2-8(13)4-10(9)14/h2-4,7H,5-6H2,1H3. The van der Waals surface area contributed by atoms with E-state index >= 15 is 0 Å². The number of alkyl halides is 1. The number of benzene rings is 1. The van der Waals surface area contributed by atoms with Gasteiger partial charge in [-0.15, -0.1) is 0 Å². The Labute approximate surface area is 108 Å². The molecule has 0 amide bonds. The normalized spacial score (nSPS) is 30.8. The molecule has 1 aliphatic heterocycles. The molecule has 82 valence electrons. The first kappa shape index (κ1) is 11.7. The minimum Gasteiger partial charge on any atom is -0.369 e. The van der Waals surface area contributed by atoms with Crippen LogP contribution >= 0.6 is 39.1 Å². The van der Waals surface area contributed by atoms with Gasteiger partial charge < -0.3 is 4.74 Å². The second-order valence-electron chi connectivity index (χ2n) is 3.97. The van der Waals surface area contributed by atoms with Crippen molar-refractivity contribution in [3.05, 3.63) is 33.8 Å². The Kier molecular flexibility index (Phi) is 3.32. The minimum absolute atomic E-state index is 0.296. The van der Waals surface area contributed by atoms with Crippen molar-refractivity contribution in [3.8, 4) is 0 Å². The highest BCUT2D eigenvalue weighted by Gasteiger charge is 2.37. The van der Waals surface area contributed by atoms with Crippen molar-refractivity contribution in [1.29, 1.82) is 0 Å². The van der Waals surface area contributed by atoms with Crippen LogP contribution in [0.5, 0.6) is 0 Å². The van der Waals surface area contributed by atoms with Crippen molar-refractivity contribution in [1.82, 2.24) is 0 Å². The zero-order chi connectivity index (χ0) is 11.1. The van der Waals surface area contributed by atoms with Crippen molar-refractivity contribution >= 4 is 39.1 Å². The third kappa shape index (κ3) is 2.33. The van der Waals surface area contributed by atoms with Crippen LogP contribution in [0.3, 0.4) is 0 Å². The van der Waals surface area contributed by atoms with E-state index in [1.54, 1.807) is 6.07 Å². The van der Waals surface area contributed by atoms with Gasteiger partial charge in [0.2, 0.25) is 0 Å². The molecule has 2 atom stereocenters. The van der Waals surface area contributed by atoms with Gasteiger partial charge in [0.1, 0.15) is 0 Å². The fourth-order valence-electron chi connectivity index (χ4n) is 1.92. The van der Waals surface area contributed by atoms with Gasteiger partial charge in [0.05, 0.1) is 12.2 Å². The largest absolute Gasteiger partial charge is 0.369 e. The maximum atomic E-state index is 6.17. The summed E-state index contributed by atoms with van der Waals surface area (Å²) >= 11 is 15.6. The van der Waals surface area contributed by atoms with Crippen LogP contribution < -0.4 is 0 Å². The molecule has 0 radical (unpaired) electrons. The van der Waals surface area contributed by atoms with Gasteiger partial charge in [-0.3, -0.25) is 0 Å². The molecule has 1 fully saturated rings. The van der Waals surface area contributed by atoms with Crippen LogP contribution in [0.1, 0.15) is 18.9 Å². The average Bonchev–Trinajstić information content (AvgIpc) is 2.46. The highest BCUT2D eigenvalue weighted by atomic mass is 79.9. The van der Waals surface area contributed by atoms with Crippen molar-refractivity contribution in [2.75, 3.05) is 6.61 Å². The lowest BCUT2D eigenvalue weighted by atomic mass is 9.93. The molecule has 0 N–H and O–H groups in total. The first-order chi connectivity index (χ1) is 7.01. The highest BCUT2D eigenvalue weighted by molar-refractivity contribution is 9.09. The Hall–Kier alpha value is 0.240. The molecule has 1 saturated heterocycles. The van der Waals surface area contributed by atoms with Crippen molar-refractivity contribution < 1.29 is 4.74 Å². The predicted molar refractivity (Wildman–Crippen MR) is 67.1 cm³/mol. The van der Waals surface area contributed by atoms with Gasteiger partial charge in [0, 0.05) is 20.4 Å². The summed E-state index contributed by atoms with van der Waals surface area (Å²) in [7, 11) is 0. The van der Waals surface area contributed by atoms with Crippen molar-refractivity contribution in [2.24, 2.45) is 0 Å². The van der Waals surface area contributed by atoms with E-state index in [0.29, 0.717) is 14.9 Å². The van der Waals surface area contributed by atoms with Gasteiger partial charge in [-0.05, 0) is 25.5 Å². The SMILES string of the molecule is CC1(c2ccc(Cl)cc2Cl)CC(Br)CO1. The Balaban J connectivity index is 2.37. The second kappa shape index (κ2) is 4.25. The lowest BCUT2D eigenvalue weighted by Gasteiger charge is -2.24. The zero-order valence-corrected chi connectivity index (χ0v) is 11.4. The quantitative estimate of drug-likeness (QED) is 0.699. The zero-order valence-electron chi connectivity index (χ0n) is 8.27. The Morgan fingerprint density at radius 2 is 2.20 bits per heavy atom. The Bertz CT molecular complexity index is 383. The molecule has 1 aliphatic rings. The molecule has 0 aromatic heterocycles. The number of ether oxygens (including phenoxy) is 1. The Morgan fingerprint density at radius 3 is 2.73 bits per heavy atom. The van der Waals surface area contributed by atoms with Crippen molar-refractivity contribution in [2.45, 2.75) is 23.8 Å². The van der Waals surface area contributed by atoms with Crippen LogP contribution in [0.4, 0.5) is 0 Å². The molecular formula is C11H11BrCl2O. The van der Waals surface area contributed by atoms with E-state index in [-0.39, 0.29) is 5.60 Å². The van der Waals surface area contributed by atoms with Crippen molar-refractivity contribution in [3.63, 3.8) is 0 Å². The fourth-order valence-corrected chi connectivity index (χ4v) is 3.28. The van der Waals surface area contributed by atoms with Crippen LogP contribution in [0.15, 0.2) is 18.2 Å². The maximum Gasteiger partial charge on any atom is 0.0929 e. The summed E-state index contributed by atoms with van der Waals surface area (Å²) in [5.41, 5.74) is 0.714. The molecule has 4 heteroatoms. The molecular weight excluding hydrogens is 299 g/mol. The summed E-state index contributed by atoms with van der Waals surface area (Å²) in [5, 5.41) is 1.33. The van der Waals surface area contributed by atoms with E-state index < -0.39 is 0 Å².